The summed E-state index contributed by atoms with van der Waals surface area (Å²) in [5.41, 5.74) is 2.47. The normalized spacial score (nSPS) is 17.6. The highest BCUT2D eigenvalue weighted by Gasteiger charge is 2.29. The zero-order chi connectivity index (χ0) is 16.4. The van der Waals surface area contributed by atoms with E-state index in [0.717, 1.165) is 24.2 Å². The van der Waals surface area contributed by atoms with Gasteiger partial charge in [-0.1, -0.05) is 25.1 Å². The highest BCUT2D eigenvalue weighted by Crippen LogP contribution is 2.27. The molecule has 1 aromatic heterocycles. The number of aromatic nitrogens is 1. The molecule has 0 fully saturated rings. The third kappa shape index (κ3) is 2.99. The van der Waals surface area contributed by atoms with E-state index in [1.165, 1.54) is 12.3 Å². The fraction of sp³-hybridized carbons (Fsp3) is 0.333. The van der Waals surface area contributed by atoms with Crippen LogP contribution >= 0.6 is 0 Å². The molecular weight excluding hydrogens is 290 g/mol. The minimum Gasteiger partial charge on any atom is -0.372 e. The van der Waals surface area contributed by atoms with Crippen molar-refractivity contribution in [3.05, 3.63) is 64.1 Å². The maximum atomic E-state index is 12.9. The zero-order valence-electron chi connectivity index (χ0n) is 13.5. The quantitative estimate of drug-likeness (QED) is 0.925. The number of carbonyl (C=O) groups excluding carboxylic acids is 1. The summed E-state index contributed by atoms with van der Waals surface area (Å²) in [5, 5.41) is 0. The molecule has 5 nitrogen and oxygen atoms in total. The van der Waals surface area contributed by atoms with Crippen molar-refractivity contribution in [3.63, 3.8) is 0 Å². The van der Waals surface area contributed by atoms with Crippen molar-refractivity contribution in [1.29, 1.82) is 0 Å². The number of nitrogens with one attached hydrogen (secondary N) is 1. The summed E-state index contributed by atoms with van der Waals surface area (Å²) < 4.78 is 0. The standard InChI is InChI=1S/C18H21N3O2/c1-3-15-12-20(2)16-7-5-4-6-14(16)11-21(15)18(23)13-8-9-19-17(22)10-13/h4-10,15H,3,11-12H2,1-2H3,(H,19,22)/t15-/m0/s1. The largest absolute Gasteiger partial charge is 0.372 e. The molecule has 0 aliphatic carbocycles. The molecule has 2 heterocycles. The topological polar surface area (TPSA) is 56.4 Å². The van der Waals surface area contributed by atoms with E-state index >= 15 is 0 Å². The minimum atomic E-state index is -0.253. The van der Waals surface area contributed by atoms with Crippen LogP contribution < -0.4 is 10.5 Å². The number of hydrogen-bond donors (Lipinski definition) is 1. The molecule has 0 saturated heterocycles. The number of likely N-dealkylation sites (N-methyl/N-ethyl adjacent to an activating group) is 1. The Morgan fingerprint density at radius 3 is 2.83 bits per heavy atom. The van der Waals surface area contributed by atoms with E-state index in [1.807, 2.05) is 17.0 Å². The summed E-state index contributed by atoms with van der Waals surface area (Å²) in [7, 11) is 2.06. The van der Waals surface area contributed by atoms with E-state index in [4.69, 9.17) is 0 Å². The first-order chi connectivity index (χ1) is 11.1. The molecular formula is C18H21N3O2. The van der Waals surface area contributed by atoms with Crippen molar-refractivity contribution in [3.8, 4) is 0 Å². The highest BCUT2D eigenvalue weighted by atomic mass is 16.2. The summed E-state index contributed by atoms with van der Waals surface area (Å²) in [6, 6.07) is 11.3. The lowest BCUT2D eigenvalue weighted by atomic mass is 10.1. The van der Waals surface area contributed by atoms with E-state index in [-0.39, 0.29) is 17.5 Å². The van der Waals surface area contributed by atoms with Gasteiger partial charge in [0, 0.05) is 49.7 Å². The second-order valence-electron chi connectivity index (χ2n) is 5.95. The summed E-state index contributed by atoms with van der Waals surface area (Å²) in [6.45, 7) is 3.43. The second-order valence-corrected chi connectivity index (χ2v) is 5.95. The lowest BCUT2D eigenvalue weighted by Crippen LogP contribution is -2.43. The number of amides is 1. The van der Waals surface area contributed by atoms with Gasteiger partial charge in [-0.3, -0.25) is 9.59 Å². The molecule has 0 spiro atoms. The fourth-order valence-electron chi connectivity index (χ4n) is 3.17. The van der Waals surface area contributed by atoms with Crippen LogP contribution in [-0.2, 0) is 6.54 Å². The molecule has 23 heavy (non-hydrogen) atoms. The Balaban J connectivity index is 1.99. The van der Waals surface area contributed by atoms with Crippen LogP contribution in [-0.4, -0.2) is 35.4 Å². The summed E-state index contributed by atoms with van der Waals surface area (Å²) in [4.78, 5) is 31.1. The minimum absolute atomic E-state index is 0.0898. The lowest BCUT2D eigenvalue weighted by molar-refractivity contribution is 0.0667. The average Bonchev–Trinajstić information content (AvgIpc) is 2.71. The van der Waals surface area contributed by atoms with Gasteiger partial charge in [-0.05, 0) is 24.1 Å². The Hall–Kier alpha value is -2.56. The van der Waals surface area contributed by atoms with Crippen LogP contribution in [0, 0.1) is 0 Å². The van der Waals surface area contributed by atoms with Crippen LogP contribution in [0.1, 0.15) is 29.3 Å². The van der Waals surface area contributed by atoms with Crippen molar-refractivity contribution in [1.82, 2.24) is 9.88 Å². The Bertz CT molecular complexity index is 769. The van der Waals surface area contributed by atoms with Crippen LogP contribution in [0.5, 0.6) is 0 Å². The first-order valence-corrected chi connectivity index (χ1v) is 7.89. The molecule has 5 heteroatoms. The predicted octanol–water partition coefficient (Wildman–Crippen LogP) is 2.25. The zero-order valence-corrected chi connectivity index (χ0v) is 13.5. The van der Waals surface area contributed by atoms with Gasteiger partial charge < -0.3 is 14.8 Å². The average molecular weight is 311 g/mol. The van der Waals surface area contributed by atoms with Gasteiger partial charge in [0.05, 0.1) is 0 Å². The third-order valence-electron chi connectivity index (χ3n) is 4.42. The lowest BCUT2D eigenvalue weighted by Gasteiger charge is -2.30. The number of pyridine rings is 1. The Kier molecular flexibility index (Phi) is 4.19. The summed E-state index contributed by atoms with van der Waals surface area (Å²) in [5.74, 6) is -0.0898. The molecule has 1 aliphatic rings. The maximum absolute atomic E-state index is 12.9. The monoisotopic (exact) mass is 311 g/mol. The molecule has 0 bridgehead atoms. The number of fused-ring (bicyclic) bond motifs is 1. The molecule has 0 unspecified atom stereocenters. The molecule has 3 rings (SSSR count). The van der Waals surface area contributed by atoms with Crippen molar-refractivity contribution in [2.45, 2.75) is 25.9 Å². The van der Waals surface area contributed by atoms with E-state index < -0.39 is 0 Å². The van der Waals surface area contributed by atoms with Gasteiger partial charge in [0.1, 0.15) is 0 Å². The summed E-state index contributed by atoms with van der Waals surface area (Å²) >= 11 is 0. The van der Waals surface area contributed by atoms with Gasteiger partial charge in [-0.25, -0.2) is 0 Å². The smallest absolute Gasteiger partial charge is 0.254 e. The molecule has 1 aromatic carbocycles. The molecule has 1 aliphatic heterocycles. The van der Waals surface area contributed by atoms with E-state index in [2.05, 4.69) is 36.0 Å². The number of benzene rings is 1. The van der Waals surface area contributed by atoms with E-state index in [1.54, 1.807) is 6.07 Å². The number of aromatic amines is 1. The Morgan fingerprint density at radius 2 is 2.09 bits per heavy atom. The summed E-state index contributed by atoms with van der Waals surface area (Å²) in [6.07, 6.45) is 2.39. The van der Waals surface area contributed by atoms with Gasteiger partial charge in [0.25, 0.3) is 5.91 Å². The van der Waals surface area contributed by atoms with Gasteiger partial charge in [0.2, 0.25) is 5.56 Å². The molecule has 120 valence electrons. The maximum Gasteiger partial charge on any atom is 0.254 e. The number of para-hydroxylation sites is 1. The van der Waals surface area contributed by atoms with Crippen molar-refractivity contribution < 1.29 is 4.79 Å². The first-order valence-electron chi connectivity index (χ1n) is 7.89. The number of hydrogen-bond acceptors (Lipinski definition) is 3. The van der Waals surface area contributed by atoms with E-state index in [0.29, 0.717) is 12.1 Å². The second kappa shape index (κ2) is 6.28. The van der Waals surface area contributed by atoms with Gasteiger partial charge in [-0.15, -0.1) is 0 Å². The van der Waals surface area contributed by atoms with Gasteiger partial charge in [0.15, 0.2) is 0 Å². The SMILES string of the molecule is CC[C@H]1CN(C)c2ccccc2CN1C(=O)c1cc[nH]c(=O)c1. The Labute approximate surface area is 135 Å². The number of nitrogens with zero attached hydrogens (tertiary/aromatic N) is 2. The first kappa shape index (κ1) is 15.3. The number of carbonyl (C=O) groups is 1. The number of rotatable bonds is 2. The van der Waals surface area contributed by atoms with Crippen LogP contribution in [0.2, 0.25) is 0 Å². The van der Waals surface area contributed by atoms with E-state index in [9.17, 15) is 9.59 Å². The van der Waals surface area contributed by atoms with Crippen LogP contribution in [0.4, 0.5) is 5.69 Å². The van der Waals surface area contributed by atoms with Crippen molar-refractivity contribution in [2.24, 2.45) is 0 Å². The predicted molar refractivity (Wildman–Crippen MR) is 90.7 cm³/mol. The highest BCUT2D eigenvalue weighted by molar-refractivity contribution is 5.94. The number of anilines is 1. The Morgan fingerprint density at radius 1 is 1.30 bits per heavy atom. The van der Waals surface area contributed by atoms with Crippen molar-refractivity contribution >= 4 is 11.6 Å². The number of H-pyrrole nitrogens is 1. The molecule has 1 N–H and O–H groups in total. The van der Waals surface area contributed by atoms with Gasteiger partial charge in [-0.2, -0.15) is 0 Å². The molecule has 0 radical (unpaired) electrons. The molecule has 1 atom stereocenters. The molecule has 0 saturated carbocycles. The molecule has 1 amide bonds. The van der Waals surface area contributed by atoms with Crippen LogP contribution in [0.3, 0.4) is 0 Å². The van der Waals surface area contributed by atoms with Crippen molar-refractivity contribution in [2.75, 3.05) is 18.5 Å². The van der Waals surface area contributed by atoms with Crippen LogP contribution in [0.15, 0.2) is 47.4 Å². The van der Waals surface area contributed by atoms with Crippen LogP contribution in [0.25, 0.3) is 0 Å². The fourth-order valence-corrected chi connectivity index (χ4v) is 3.17. The third-order valence-corrected chi connectivity index (χ3v) is 4.42. The molecule has 2 aromatic rings. The van der Waals surface area contributed by atoms with Gasteiger partial charge >= 0.3 is 0 Å².